The molecule has 26 heavy (non-hydrogen) atoms. The first kappa shape index (κ1) is 19.3. The van der Waals surface area contributed by atoms with E-state index in [0.29, 0.717) is 29.2 Å². The normalized spacial score (nSPS) is 11.5. The van der Waals surface area contributed by atoms with E-state index < -0.39 is 17.9 Å². The third-order valence-electron chi connectivity index (χ3n) is 4.21. The molecule has 0 fully saturated rings. The molecule has 0 radical (unpaired) electrons. The number of amides is 1. The molecule has 1 amide bonds. The molecule has 0 aliphatic carbocycles. The van der Waals surface area contributed by atoms with E-state index in [1.165, 1.54) is 13.2 Å². The number of hydrogen-bond acceptors (Lipinski definition) is 4. The Morgan fingerprint density at radius 1 is 1.15 bits per heavy atom. The van der Waals surface area contributed by atoms with Crippen LogP contribution in [0, 0.1) is 13.8 Å². The topological polar surface area (TPSA) is 84.9 Å². The average Bonchev–Trinajstić information content (AvgIpc) is 2.62. The molecule has 2 aromatic carbocycles. The van der Waals surface area contributed by atoms with Crippen molar-refractivity contribution in [3.8, 4) is 11.5 Å². The Hall–Kier alpha value is -3.02. The van der Waals surface area contributed by atoms with Crippen molar-refractivity contribution in [3.05, 3.63) is 58.7 Å². The maximum absolute atomic E-state index is 12.6. The molecule has 0 saturated heterocycles. The zero-order valence-corrected chi connectivity index (χ0v) is 15.3. The Kier molecular flexibility index (Phi) is 6.22. The van der Waals surface area contributed by atoms with E-state index in [2.05, 4.69) is 5.32 Å². The monoisotopic (exact) mass is 357 g/mol. The van der Waals surface area contributed by atoms with Crippen LogP contribution < -0.4 is 14.8 Å². The van der Waals surface area contributed by atoms with Gasteiger partial charge in [0, 0.05) is 5.56 Å². The van der Waals surface area contributed by atoms with E-state index in [-0.39, 0.29) is 0 Å². The van der Waals surface area contributed by atoms with Gasteiger partial charge in [-0.1, -0.05) is 18.2 Å². The molecule has 0 aliphatic heterocycles. The number of aliphatic carboxylic acids is 1. The zero-order valence-electron chi connectivity index (χ0n) is 15.3. The number of methoxy groups -OCH3 is 1. The van der Waals surface area contributed by atoms with Crippen LogP contribution in [-0.2, 0) is 4.79 Å². The molecule has 2 aromatic rings. The molecular formula is C20H23NO5. The Morgan fingerprint density at radius 3 is 2.50 bits per heavy atom. The van der Waals surface area contributed by atoms with Crippen molar-refractivity contribution < 1.29 is 24.2 Å². The molecule has 0 aliphatic rings. The molecule has 0 spiro atoms. The van der Waals surface area contributed by atoms with Crippen molar-refractivity contribution in [1.82, 2.24) is 5.32 Å². The molecule has 138 valence electrons. The fraction of sp³-hybridized carbons (Fsp3) is 0.300. The van der Waals surface area contributed by atoms with E-state index >= 15 is 0 Å². The summed E-state index contributed by atoms with van der Waals surface area (Å²) in [5, 5.41) is 12.2. The van der Waals surface area contributed by atoms with Crippen molar-refractivity contribution in [2.24, 2.45) is 0 Å². The predicted octanol–water partition coefficient (Wildman–Crippen LogP) is 3.27. The number of benzene rings is 2. The predicted molar refractivity (Wildman–Crippen MR) is 97.9 cm³/mol. The number of aryl methyl sites for hydroxylation is 1. The first-order valence-electron chi connectivity index (χ1n) is 8.29. The fourth-order valence-electron chi connectivity index (χ4n) is 2.66. The minimum Gasteiger partial charge on any atom is -0.493 e. The van der Waals surface area contributed by atoms with Crippen molar-refractivity contribution in [2.45, 2.75) is 26.8 Å². The molecule has 6 heteroatoms. The number of nitrogens with one attached hydrogen (secondary N) is 1. The number of carbonyl (C=O) groups excluding carboxylic acids is 1. The number of ether oxygens (including phenoxy) is 2. The highest BCUT2D eigenvalue weighted by molar-refractivity contribution is 5.97. The summed E-state index contributed by atoms with van der Waals surface area (Å²) in [4.78, 5) is 24.3. The van der Waals surface area contributed by atoms with E-state index in [4.69, 9.17) is 9.47 Å². The van der Waals surface area contributed by atoms with Gasteiger partial charge >= 0.3 is 5.97 Å². The average molecular weight is 357 g/mol. The standard InChI is InChI=1S/C20H23NO5/c1-5-26-16-10-9-14(11-17(16)25-4)19(22)21-18(20(23)24)15-8-6-7-12(2)13(15)3/h6-11,18H,5H2,1-4H3,(H,21,22)(H,23,24). The summed E-state index contributed by atoms with van der Waals surface area (Å²) in [6.07, 6.45) is 0. The van der Waals surface area contributed by atoms with E-state index in [1.807, 2.05) is 26.8 Å². The van der Waals surface area contributed by atoms with Gasteiger partial charge in [0.2, 0.25) is 0 Å². The fourth-order valence-corrected chi connectivity index (χ4v) is 2.66. The molecule has 6 nitrogen and oxygen atoms in total. The molecular weight excluding hydrogens is 334 g/mol. The van der Waals surface area contributed by atoms with Crippen molar-refractivity contribution in [1.29, 1.82) is 0 Å². The van der Waals surface area contributed by atoms with Gasteiger partial charge in [0.15, 0.2) is 17.5 Å². The van der Waals surface area contributed by atoms with Crippen LogP contribution in [0.2, 0.25) is 0 Å². The number of carboxylic acid groups (broad SMARTS) is 1. The number of carboxylic acids is 1. The smallest absolute Gasteiger partial charge is 0.330 e. The molecule has 2 N–H and O–H groups in total. The minimum absolute atomic E-state index is 0.293. The first-order chi connectivity index (χ1) is 12.4. The van der Waals surface area contributed by atoms with E-state index in [9.17, 15) is 14.7 Å². The molecule has 0 saturated carbocycles. The molecule has 0 aromatic heterocycles. The van der Waals surface area contributed by atoms with Crippen molar-refractivity contribution in [3.63, 3.8) is 0 Å². The van der Waals surface area contributed by atoms with Crippen LogP contribution in [0.1, 0.15) is 40.0 Å². The van der Waals surface area contributed by atoms with Gasteiger partial charge in [0.1, 0.15) is 0 Å². The summed E-state index contributed by atoms with van der Waals surface area (Å²) < 4.78 is 10.7. The van der Waals surface area contributed by atoms with Gasteiger partial charge in [-0.25, -0.2) is 4.79 Å². The Labute approximate surface area is 152 Å². The van der Waals surface area contributed by atoms with Gasteiger partial charge in [-0.3, -0.25) is 4.79 Å². The minimum atomic E-state index is -1.14. The van der Waals surface area contributed by atoms with Crippen LogP contribution in [0.25, 0.3) is 0 Å². The lowest BCUT2D eigenvalue weighted by Crippen LogP contribution is -2.34. The third kappa shape index (κ3) is 4.14. The van der Waals surface area contributed by atoms with Gasteiger partial charge in [0.05, 0.1) is 13.7 Å². The van der Waals surface area contributed by atoms with Gasteiger partial charge in [0.25, 0.3) is 5.91 Å². The second-order valence-electron chi connectivity index (χ2n) is 5.83. The van der Waals surface area contributed by atoms with E-state index in [1.54, 1.807) is 24.3 Å². The molecule has 1 unspecified atom stereocenters. The maximum atomic E-state index is 12.6. The second kappa shape index (κ2) is 8.38. The van der Waals surface area contributed by atoms with Crippen molar-refractivity contribution in [2.75, 3.05) is 13.7 Å². The van der Waals surface area contributed by atoms with Crippen LogP contribution in [0.4, 0.5) is 0 Å². The first-order valence-corrected chi connectivity index (χ1v) is 8.29. The highest BCUT2D eigenvalue weighted by Crippen LogP contribution is 2.28. The quantitative estimate of drug-likeness (QED) is 0.794. The van der Waals surface area contributed by atoms with Crippen LogP contribution in [0.15, 0.2) is 36.4 Å². The second-order valence-corrected chi connectivity index (χ2v) is 5.83. The van der Waals surface area contributed by atoms with Crippen LogP contribution in [-0.4, -0.2) is 30.7 Å². The molecule has 0 heterocycles. The number of hydrogen-bond donors (Lipinski definition) is 2. The van der Waals surface area contributed by atoms with Crippen LogP contribution in [0.3, 0.4) is 0 Å². The molecule has 1 atom stereocenters. The highest BCUT2D eigenvalue weighted by atomic mass is 16.5. The summed E-state index contributed by atoms with van der Waals surface area (Å²) in [6, 6.07) is 8.98. The van der Waals surface area contributed by atoms with Crippen LogP contribution in [0.5, 0.6) is 11.5 Å². The Balaban J connectivity index is 2.31. The summed E-state index contributed by atoms with van der Waals surface area (Å²) in [5.74, 6) is -0.682. The zero-order chi connectivity index (χ0) is 19.3. The Bertz CT molecular complexity index is 816. The van der Waals surface area contributed by atoms with Crippen LogP contribution >= 0.6 is 0 Å². The summed E-state index contributed by atoms with van der Waals surface area (Å²) in [5.41, 5.74) is 2.65. The highest BCUT2D eigenvalue weighted by Gasteiger charge is 2.25. The SMILES string of the molecule is CCOc1ccc(C(=O)NC(C(=O)O)c2cccc(C)c2C)cc1OC. The number of rotatable bonds is 7. The van der Waals surface area contributed by atoms with Gasteiger partial charge < -0.3 is 19.9 Å². The van der Waals surface area contributed by atoms with E-state index in [0.717, 1.165) is 11.1 Å². The van der Waals surface area contributed by atoms with Gasteiger partial charge in [-0.2, -0.15) is 0 Å². The summed E-state index contributed by atoms with van der Waals surface area (Å²) >= 11 is 0. The number of carbonyl (C=O) groups is 2. The maximum Gasteiger partial charge on any atom is 0.330 e. The molecule has 0 bridgehead atoms. The summed E-state index contributed by atoms with van der Waals surface area (Å²) in [7, 11) is 1.48. The summed E-state index contributed by atoms with van der Waals surface area (Å²) in [6.45, 7) is 6.06. The largest absolute Gasteiger partial charge is 0.493 e. The van der Waals surface area contributed by atoms with Gasteiger partial charge in [-0.05, 0) is 55.7 Å². The molecule has 2 rings (SSSR count). The lowest BCUT2D eigenvalue weighted by molar-refractivity contribution is -0.139. The third-order valence-corrected chi connectivity index (χ3v) is 4.21. The van der Waals surface area contributed by atoms with Crippen molar-refractivity contribution >= 4 is 11.9 Å². The lowest BCUT2D eigenvalue weighted by Gasteiger charge is -2.18. The Morgan fingerprint density at radius 2 is 1.88 bits per heavy atom. The lowest BCUT2D eigenvalue weighted by atomic mass is 9.97. The van der Waals surface area contributed by atoms with Gasteiger partial charge in [-0.15, -0.1) is 0 Å².